The van der Waals surface area contributed by atoms with Crippen molar-refractivity contribution < 1.29 is 27.5 Å². The van der Waals surface area contributed by atoms with Crippen molar-refractivity contribution in [3.05, 3.63) is 53.1 Å². The highest BCUT2D eigenvalue weighted by Crippen LogP contribution is 2.28. The fourth-order valence-electron chi connectivity index (χ4n) is 3.75. The summed E-state index contributed by atoms with van der Waals surface area (Å²) in [4.78, 5) is 24.7. The van der Waals surface area contributed by atoms with Gasteiger partial charge in [-0.3, -0.25) is 4.79 Å². The van der Waals surface area contributed by atoms with Crippen molar-refractivity contribution in [2.45, 2.75) is 37.5 Å². The summed E-state index contributed by atoms with van der Waals surface area (Å²) < 4.78 is 37.4. The molecule has 1 amide bonds. The fourth-order valence-corrected chi connectivity index (χ4v) is 5.32. The van der Waals surface area contributed by atoms with Crippen molar-refractivity contribution in [3.8, 4) is 5.75 Å². The van der Waals surface area contributed by atoms with E-state index < -0.39 is 16.0 Å². The molecule has 0 aromatic heterocycles. The first-order valence-electron chi connectivity index (χ1n) is 10.4. The Hall–Kier alpha value is -2.91. The SMILES string of the molecule is COC(=O)c1cccc(NC(=O)CCc2cc(S(=O)(=O)N3CCCC3)ccc2OC)c1C. The van der Waals surface area contributed by atoms with Gasteiger partial charge in [-0.25, -0.2) is 13.2 Å². The molecule has 32 heavy (non-hydrogen) atoms. The second kappa shape index (κ2) is 10.1. The molecule has 172 valence electrons. The summed E-state index contributed by atoms with van der Waals surface area (Å²) in [5.74, 6) is -0.202. The van der Waals surface area contributed by atoms with E-state index >= 15 is 0 Å². The van der Waals surface area contributed by atoms with E-state index in [1.165, 1.54) is 24.6 Å². The number of aryl methyl sites for hydroxylation is 1. The van der Waals surface area contributed by atoms with E-state index in [9.17, 15) is 18.0 Å². The molecule has 1 heterocycles. The maximum absolute atomic E-state index is 12.9. The minimum atomic E-state index is -3.56. The van der Waals surface area contributed by atoms with Crippen LogP contribution in [0.2, 0.25) is 0 Å². The number of anilines is 1. The van der Waals surface area contributed by atoms with E-state index in [4.69, 9.17) is 9.47 Å². The molecule has 1 fully saturated rings. The fraction of sp³-hybridized carbons (Fsp3) is 0.391. The summed E-state index contributed by atoms with van der Waals surface area (Å²) in [6, 6.07) is 9.77. The van der Waals surface area contributed by atoms with Gasteiger partial charge in [0.2, 0.25) is 15.9 Å². The largest absolute Gasteiger partial charge is 0.496 e. The lowest BCUT2D eigenvalue weighted by molar-refractivity contribution is -0.116. The van der Waals surface area contributed by atoms with Crippen molar-refractivity contribution in [1.82, 2.24) is 4.31 Å². The Kier molecular flexibility index (Phi) is 7.52. The molecule has 1 saturated heterocycles. The van der Waals surface area contributed by atoms with Crippen LogP contribution in [0.15, 0.2) is 41.3 Å². The van der Waals surface area contributed by atoms with Gasteiger partial charge in [0.05, 0.1) is 24.7 Å². The quantitative estimate of drug-likeness (QED) is 0.607. The molecule has 9 heteroatoms. The van der Waals surface area contributed by atoms with Gasteiger partial charge < -0.3 is 14.8 Å². The number of esters is 1. The Bertz CT molecular complexity index is 1110. The van der Waals surface area contributed by atoms with Gasteiger partial charge in [0.15, 0.2) is 0 Å². The van der Waals surface area contributed by atoms with E-state index in [1.807, 2.05) is 0 Å². The first-order chi connectivity index (χ1) is 15.3. The highest BCUT2D eigenvalue weighted by molar-refractivity contribution is 7.89. The molecular weight excluding hydrogens is 432 g/mol. The standard InChI is InChI=1S/C23H28N2O6S/c1-16-19(23(27)31-3)7-6-8-20(16)24-22(26)12-9-17-15-18(10-11-21(17)30-2)32(28,29)25-13-4-5-14-25/h6-8,10-11,15H,4-5,9,12-14H2,1-3H3,(H,24,26). The second-order valence-electron chi connectivity index (χ2n) is 7.60. The zero-order chi connectivity index (χ0) is 23.3. The monoisotopic (exact) mass is 460 g/mol. The molecule has 0 radical (unpaired) electrons. The second-order valence-corrected chi connectivity index (χ2v) is 9.54. The van der Waals surface area contributed by atoms with Crippen LogP contribution in [0.1, 0.15) is 40.7 Å². The van der Waals surface area contributed by atoms with Gasteiger partial charge in [0.25, 0.3) is 0 Å². The van der Waals surface area contributed by atoms with Crippen LogP contribution in [0, 0.1) is 6.92 Å². The van der Waals surface area contributed by atoms with E-state index in [-0.39, 0.29) is 17.2 Å². The third kappa shape index (κ3) is 5.11. The van der Waals surface area contributed by atoms with Crippen LogP contribution in [0.4, 0.5) is 5.69 Å². The number of sulfonamides is 1. The van der Waals surface area contributed by atoms with Gasteiger partial charge in [0, 0.05) is 25.2 Å². The molecule has 0 saturated carbocycles. The summed E-state index contributed by atoms with van der Waals surface area (Å²) in [7, 11) is -0.748. The van der Waals surface area contributed by atoms with Crippen molar-refractivity contribution in [2.24, 2.45) is 0 Å². The number of amides is 1. The average molecular weight is 461 g/mol. The molecule has 0 aliphatic carbocycles. The number of hydrogen-bond donors (Lipinski definition) is 1. The summed E-state index contributed by atoms with van der Waals surface area (Å²) in [5, 5.41) is 2.81. The van der Waals surface area contributed by atoms with Crippen LogP contribution >= 0.6 is 0 Å². The lowest BCUT2D eigenvalue weighted by Crippen LogP contribution is -2.28. The molecule has 1 aliphatic rings. The molecule has 1 aliphatic heterocycles. The number of methoxy groups -OCH3 is 2. The summed E-state index contributed by atoms with van der Waals surface area (Å²) >= 11 is 0. The normalized spacial score (nSPS) is 14.2. The van der Waals surface area contributed by atoms with Crippen molar-refractivity contribution in [2.75, 3.05) is 32.6 Å². The topological polar surface area (TPSA) is 102 Å². The Morgan fingerprint density at radius 2 is 1.81 bits per heavy atom. The third-order valence-electron chi connectivity index (χ3n) is 5.59. The smallest absolute Gasteiger partial charge is 0.338 e. The summed E-state index contributed by atoms with van der Waals surface area (Å²) in [6.07, 6.45) is 2.14. The number of hydrogen-bond acceptors (Lipinski definition) is 6. The maximum atomic E-state index is 12.9. The van der Waals surface area contributed by atoms with Crippen molar-refractivity contribution >= 4 is 27.6 Å². The molecule has 3 rings (SSSR count). The Balaban J connectivity index is 1.74. The zero-order valence-corrected chi connectivity index (χ0v) is 19.3. The van der Waals surface area contributed by atoms with Gasteiger partial charge in [-0.2, -0.15) is 4.31 Å². The predicted molar refractivity (Wildman–Crippen MR) is 120 cm³/mol. The van der Waals surface area contributed by atoms with Gasteiger partial charge in [-0.1, -0.05) is 6.07 Å². The predicted octanol–water partition coefficient (Wildman–Crippen LogP) is 3.15. The van der Waals surface area contributed by atoms with Gasteiger partial charge in [-0.15, -0.1) is 0 Å². The van der Waals surface area contributed by atoms with E-state index in [0.29, 0.717) is 47.6 Å². The molecule has 0 atom stereocenters. The first kappa shape index (κ1) is 23.7. The molecule has 8 nitrogen and oxygen atoms in total. The van der Waals surface area contributed by atoms with Crippen LogP contribution in [0.3, 0.4) is 0 Å². The number of nitrogens with one attached hydrogen (secondary N) is 1. The number of rotatable bonds is 8. The Morgan fingerprint density at radius 1 is 1.09 bits per heavy atom. The van der Waals surface area contributed by atoms with Crippen molar-refractivity contribution in [3.63, 3.8) is 0 Å². The first-order valence-corrected chi connectivity index (χ1v) is 11.9. The van der Waals surface area contributed by atoms with Crippen LogP contribution in [0.25, 0.3) is 0 Å². The average Bonchev–Trinajstić information content (AvgIpc) is 3.34. The van der Waals surface area contributed by atoms with Crippen LogP contribution in [0.5, 0.6) is 5.75 Å². The molecule has 0 unspecified atom stereocenters. The summed E-state index contributed by atoms with van der Waals surface area (Å²) in [5.41, 5.74) is 2.16. The van der Waals surface area contributed by atoms with E-state index in [2.05, 4.69) is 5.32 Å². The van der Waals surface area contributed by atoms with E-state index in [1.54, 1.807) is 37.3 Å². The minimum Gasteiger partial charge on any atom is -0.496 e. The Morgan fingerprint density at radius 3 is 2.47 bits per heavy atom. The third-order valence-corrected chi connectivity index (χ3v) is 7.48. The molecular formula is C23H28N2O6S. The van der Waals surface area contributed by atoms with Gasteiger partial charge in [-0.05, 0) is 67.6 Å². The maximum Gasteiger partial charge on any atom is 0.338 e. The highest BCUT2D eigenvalue weighted by Gasteiger charge is 2.27. The number of carbonyl (C=O) groups is 2. The zero-order valence-electron chi connectivity index (χ0n) is 18.5. The van der Waals surface area contributed by atoms with Crippen LogP contribution in [-0.2, 0) is 26.0 Å². The van der Waals surface area contributed by atoms with Gasteiger partial charge in [0.1, 0.15) is 5.75 Å². The molecule has 2 aromatic carbocycles. The Labute approximate surface area is 188 Å². The van der Waals surface area contributed by atoms with Gasteiger partial charge >= 0.3 is 5.97 Å². The van der Waals surface area contributed by atoms with Crippen molar-refractivity contribution in [1.29, 1.82) is 0 Å². The summed E-state index contributed by atoms with van der Waals surface area (Å²) in [6.45, 7) is 2.78. The number of nitrogens with zero attached hydrogens (tertiary/aromatic N) is 1. The molecule has 0 spiro atoms. The number of ether oxygens (including phenoxy) is 2. The molecule has 0 bridgehead atoms. The van der Waals surface area contributed by atoms with E-state index in [0.717, 1.165) is 12.8 Å². The number of carbonyl (C=O) groups excluding carboxylic acids is 2. The lowest BCUT2D eigenvalue weighted by Gasteiger charge is -2.17. The number of benzene rings is 2. The minimum absolute atomic E-state index is 0.117. The highest BCUT2D eigenvalue weighted by atomic mass is 32.2. The molecule has 1 N–H and O–H groups in total. The van der Waals surface area contributed by atoms with Crippen LogP contribution in [-0.4, -0.2) is 51.9 Å². The molecule has 2 aromatic rings. The lowest BCUT2D eigenvalue weighted by atomic mass is 10.1. The van der Waals surface area contributed by atoms with Crippen LogP contribution < -0.4 is 10.1 Å².